The van der Waals surface area contributed by atoms with Crippen LogP contribution in [0.4, 0.5) is 0 Å². The molecule has 3 aromatic rings. The average molecular weight is 309 g/mol. The zero-order valence-corrected chi connectivity index (χ0v) is 12.7. The first kappa shape index (κ1) is 13.5. The fraction of sp³-hybridized carbons (Fsp3) is 0.308. The van der Waals surface area contributed by atoms with Crippen LogP contribution in [0.15, 0.2) is 28.0 Å². The lowest BCUT2D eigenvalue weighted by atomic mass is 10.3. The van der Waals surface area contributed by atoms with E-state index in [2.05, 4.69) is 22.1 Å². The Balaban J connectivity index is 2.06. The van der Waals surface area contributed by atoms with Gasteiger partial charge in [0.05, 0.1) is 10.7 Å². The van der Waals surface area contributed by atoms with Crippen LogP contribution >= 0.6 is 23.4 Å². The number of aryl methyl sites for hydroxylation is 1. The third-order valence-corrected chi connectivity index (χ3v) is 4.04. The molecule has 7 heteroatoms. The Morgan fingerprint density at radius 3 is 3.00 bits per heavy atom. The normalized spacial score (nSPS) is 11.3. The second-order valence-corrected chi connectivity index (χ2v) is 5.83. The predicted molar refractivity (Wildman–Crippen MR) is 79.2 cm³/mol. The van der Waals surface area contributed by atoms with Crippen molar-refractivity contribution in [3.8, 4) is 11.6 Å². The van der Waals surface area contributed by atoms with Crippen molar-refractivity contribution in [3.05, 3.63) is 29.0 Å². The molecule has 0 aliphatic rings. The first-order chi connectivity index (χ1) is 9.69. The Morgan fingerprint density at radius 2 is 2.20 bits per heavy atom. The van der Waals surface area contributed by atoms with E-state index in [1.54, 1.807) is 18.0 Å². The Kier molecular flexibility index (Phi) is 3.67. The summed E-state index contributed by atoms with van der Waals surface area (Å²) in [5, 5.41) is 9.38. The maximum absolute atomic E-state index is 6.04. The minimum Gasteiger partial charge on any atom is -0.410 e. The van der Waals surface area contributed by atoms with Crippen molar-refractivity contribution in [2.24, 2.45) is 0 Å². The number of imidazole rings is 1. The van der Waals surface area contributed by atoms with E-state index >= 15 is 0 Å². The van der Waals surface area contributed by atoms with E-state index in [0.29, 0.717) is 16.1 Å². The van der Waals surface area contributed by atoms with Crippen molar-refractivity contribution in [1.82, 2.24) is 19.6 Å². The first-order valence-corrected chi connectivity index (χ1v) is 7.66. The van der Waals surface area contributed by atoms with Gasteiger partial charge < -0.3 is 4.42 Å². The van der Waals surface area contributed by atoms with Gasteiger partial charge in [0.15, 0.2) is 0 Å². The van der Waals surface area contributed by atoms with Crippen molar-refractivity contribution >= 4 is 29.0 Å². The van der Waals surface area contributed by atoms with Crippen LogP contribution < -0.4 is 0 Å². The number of fused-ring (bicyclic) bond motifs is 1. The van der Waals surface area contributed by atoms with Gasteiger partial charge in [-0.2, -0.15) is 0 Å². The molecule has 0 bridgehead atoms. The van der Waals surface area contributed by atoms with Crippen LogP contribution in [0.1, 0.15) is 19.0 Å². The highest BCUT2D eigenvalue weighted by molar-refractivity contribution is 7.99. The summed E-state index contributed by atoms with van der Waals surface area (Å²) in [6, 6.07) is 3.67. The molecule has 0 N–H and O–H groups in total. The van der Waals surface area contributed by atoms with Gasteiger partial charge in [-0.05, 0) is 25.5 Å². The van der Waals surface area contributed by atoms with Gasteiger partial charge in [-0.3, -0.25) is 4.40 Å². The molecule has 0 spiro atoms. The van der Waals surface area contributed by atoms with Crippen LogP contribution in [0.5, 0.6) is 0 Å². The molecule has 104 valence electrons. The molecule has 3 rings (SSSR count). The SMILES string of the molecule is CCCSc1nnc(-c2c(C)nc3ccc(Cl)cn23)o1. The standard InChI is InChI=1S/C13H13ClN4OS/c1-3-6-20-13-17-16-12(19-13)11-8(2)15-10-5-4-9(14)7-18(10)11/h4-5,7H,3,6H2,1-2H3. The molecule has 5 nitrogen and oxygen atoms in total. The molecule has 0 radical (unpaired) electrons. The van der Waals surface area contributed by atoms with Crippen LogP contribution in [0, 0.1) is 6.92 Å². The Labute approximate surface area is 125 Å². The lowest BCUT2D eigenvalue weighted by molar-refractivity contribution is 0.464. The van der Waals surface area contributed by atoms with Gasteiger partial charge in [0.1, 0.15) is 11.3 Å². The second-order valence-electron chi connectivity index (χ2n) is 4.34. The zero-order valence-electron chi connectivity index (χ0n) is 11.1. The van der Waals surface area contributed by atoms with E-state index in [1.807, 2.05) is 23.5 Å². The predicted octanol–water partition coefficient (Wildman–Crippen LogP) is 3.85. The quantitative estimate of drug-likeness (QED) is 0.685. The summed E-state index contributed by atoms with van der Waals surface area (Å²) in [5.41, 5.74) is 2.43. The van der Waals surface area contributed by atoms with Gasteiger partial charge in [0, 0.05) is 11.9 Å². The number of halogens is 1. The highest BCUT2D eigenvalue weighted by Gasteiger charge is 2.17. The molecule has 0 aliphatic carbocycles. The molecule has 3 aromatic heterocycles. The first-order valence-electron chi connectivity index (χ1n) is 6.30. The zero-order chi connectivity index (χ0) is 14.1. The molecule has 0 amide bonds. The summed E-state index contributed by atoms with van der Waals surface area (Å²) in [6.45, 7) is 4.03. The number of thioether (sulfide) groups is 1. The summed E-state index contributed by atoms with van der Waals surface area (Å²) < 4.78 is 7.57. The largest absolute Gasteiger partial charge is 0.410 e. The molecule has 20 heavy (non-hydrogen) atoms. The number of rotatable bonds is 4. The van der Waals surface area contributed by atoms with E-state index in [-0.39, 0.29) is 0 Å². The molecule has 0 saturated heterocycles. The summed E-state index contributed by atoms with van der Waals surface area (Å²) >= 11 is 7.60. The van der Waals surface area contributed by atoms with E-state index in [0.717, 1.165) is 29.2 Å². The maximum Gasteiger partial charge on any atom is 0.276 e. The minimum absolute atomic E-state index is 0.468. The van der Waals surface area contributed by atoms with Gasteiger partial charge in [-0.1, -0.05) is 30.3 Å². The van der Waals surface area contributed by atoms with Gasteiger partial charge in [0.2, 0.25) is 0 Å². The molecule has 0 aliphatic heterocycles. The average Bonchev–Trinajstić information content (AvgIpc) is 2.99. The molecular formula is C13H13ClN4OS. The molecular weight excluding hydrogens is 296 g/mol. The number of hydrogen-bond acceptors (Lipinski definition) is 5. The summed E-state index contributed by atoms with van der Waals surface area (Å²) in [5.74, 6) is 1.43. The second kappa shape index (κ2) is 5.46. The third-order valence-electron chi connectivity index (χ3n) is 2.80. The third kappa shape index (κ3) is 2.41. The topological polar surface area (TPSA) is 56.2 Å². The molecule has 0 saturated carbocycles. The molecule has 0 atom stereocenters. The van der Waals surface area contributed by atoms with E-state index in [1.165, 1.54) is 0 Å². The smallest absolute Gasteiger partial charge is 0.276 e. The fourth-order valence-electron chi connectivity index (χ4n) is 1.95. The highest BCUT2D eigenvalue weighted by atomic mass is 35.5. The van der Waals surface area contributed by atoms with Crippen LogP contribution in [0.25, 0.3) is 17.2 Å². The monoisotopic (exact) mass is 308 g/mol. The number of nitrogens with zero attached hydrogens (tertiary/aromatic N) is 4. The van der Waals surface area contributed by atoms with E-state index < -0.39 is 0 Å². The Bertz CT molecular complexity index is 752. The highest BCUT2D eigenvalue weighted by Crippen LogP contribution is 2.27. The molecule has 0 fully saturated rings. The van der Waals surface area contributed by atoms with Crippen molar-refractivity contribution in [1.29, 1.82) is 0 Å². The van der Waals surface area contributed by atoms with E-state index in [4.69, 9.17) is 16.0 Å². The van der Waals surface area contributed by atoms with Crippen LogP contribution in [-0.4, -0.2) is 25.3 Å². The number of hydrogen-bond donors (Lipinski definition) is 0. The van der Waals surface area contributed by atoms with Crippen molar-refractivity contribution < 1.29 is 4.42 Å². The van der Waals surface area contributed by atoms with Gasteiger partial charge in [0.25, 0.3) is 11.1 Å². The van der Waals surface area contributed by atoms with Gasteiger partial charge in [-0.25, -0.2) is 4.98 Å². The van der Waals surface area contributed by atoms with Crippen LogP contribution in [0.3, 0.4) is 0 Å². The maximum atomic E-state index is 6.04. The number of aromatic nitrogens is 4. The van der Waals surface area contributed by atoms with Crippen molar-refractivity contribution in [3.63, 3.8) is 0 Å². The molecule has 0 unspecified atom stereocenters. The number of pyridine rings is 1. The van der Waals surface area contributed by atoms with Gasteiger partial charge in [-0.15, -0.1) is 10.2 Å². The summed E-state index contributed by atoms with van der Waals surface area (Å²) in [4.78, 5) is 4.47. The Hall–Kier alpha value is -1.53. The van der Waals surface area contributed by atoms with Crippen LogP contribution in [0.2, 0.25) is 5.02 Å². The van der Waals surface area contributed by atoms with Crippen molar-refractivity contribution in [2.75, 3.05) is 5.75 Å². The summed E-state index contributed by atoms with van der Waals surface area (Å²) in [7, 11) is 0. The summed E-state index contributed by atoms with van der Waals surface area (Å²) in [6.07, 6.45) is 2.86. The lowest BCUT2D eigenvalue weighted by Gasteiger charge is -1.98. The minimum atomic E-state index is 0.468. The molecule has 3 heterocycles. The lowest BCUT2D eigenvalue weighted by Crippen LogP contribution is -1.89. The van der Waals surface area contributed by atoms with Crippen LogP contribution in [-0.2, 0) is 0 Å². The Morgan fingerprint density at radius 1 is 1.35 bits per heavy atom. The molecule has 0 aromatic carbocycles. The van der Waals surface area contributed by atoms with Gasteiger partial charge >= 0.3 is 0 Å². The van der Waals surface area contributed by atoms with Crippen molar-refractivity contribution in [2.45, 2.75) is 25.5 Å². The fourth-order valence-corrected chi connectivity index (χ4v) is 2.72. The van der Waals surface area contributed by atoms with E-state index in [9.17, 15) is 0 Å².